The molecule has 0 aromatic heterocycles. The molecule has 0 heterocycles. The van der Waals surface area contributed by atoms with Crippen LogP contribution in [0.4, 0.5) is 52.7 Å². The molecule has 0 amide bonds. The maximum absolute atomic E-state index is 11.9. The average molecular weight is 382 g/mol. The van der Waals surface area contributed by atoms with Crippen LogP contribution in [-0.2, 0) is 19.7 Å². The van der Waals surface area contributed by atoms with Crippen LogP contribution in [0.1, 0.15) is 0 Å². The lowest BCUT2D eigenvalue weighted by Gasteiger charge is -2.24. The molecule has 0 aromatic carbocycles. The van der Waals surface area contributed by atoms with Crippen molar-refractivity contribution in [1.82, 2.24) is 0 Å². The Morgan fingerprint density at radius 3 is 0.864 bits per heavy atom. The first-order valence-electron chi connectivity index (χ1n) is 4.39. The molecule has 0 spiro atoms. The molecule has 0 rings (SSSR count). The van der Waals surface area contributed by atoms with Gasteiger partial charge in [-0.25, -0.2) is 8.37 Å². The molecule has 0 unspecified atom stereocenters. The Balaban J connectivity index is 5.20. The Bertz CT molecular complexity index is 328. The van der Waals surface area contributed by atoms with Crippen LogP contribution in [-0.4, -0.2) is 41.1 Å². The molecule has 0 fully saturated rings. The summed E-state index contributed by atoms with van der Waals surface area (Å²) in [4.78, 5) is 0. The first-order valence-corrected chi connectivity index (χ1v) is 5.39. The van der Waals surface area contributed by atoms with Gasteiger partial charge in [-0.05, 0) is 0 Å². The van der Waals surface area contributed by atoms with Crippen molar-refractivity contribution in [3.05, 3.63) is 0 Å². The molecule has 0 saturated heterocycles. The van der Waals surface area contributed by atoms with Gasteiger partial charge in [-0.1, -0.05) is 0 Å². The SMILES string of the molecule is O=S(OC(C(F)(F)F)C(F)(F)F)OC(C(F)(F)F)C(F)(F)F. The van der Waals surface area contributed by atoms with Crippen molar-refractivity contribution in [2.24, 2.45) is 0 Å². The molecule has 0 radical (unpaired) electrons. The predicted octanol–water partition coefficient (Wildman–Crippen LogP) is 3.58. The van der Waals surface area contributed by atoms with Gasteiger partial charge in [0.25, 0.3) is 12.2 Å². The van der Waals surface area contributed by atoms with E-state index in [0.717, 1.165) is 0 Å². The Morgan fingerprint density at radius 1 is 0.545 bits per heavy atom. The van der Waals surface area contributed by atoms with Gasteiger partial charge in [0.2, 0.25) is 0 Å². The van der Waals surface area contributed by atoms with Gasteiger partial charge in [0.15, 0.2) is 0 Å². The molecular formula is C6H2F12O3S. The monoisotopic (exact) mass is 382 g/mol. The van der Waals surface area contributed by atoms with Crippen molar-refractivity contribution < 1.29 is 65.3 Å². The highest BCUT2D eigenvalue weighted by molar-refractivity contribution is 7.75. The fourth-order valence-corrected chi connectivity index (χ4v) is 1.57. The fourth-order valence-electron chi connectivity index (χ4n) is 0.769. The summed E-state index contributed by atoms with van der Waals surface area (Å²) in [6, 6.07) is 0. The molecule has 0 N–H and O–H groups in total. The first kappa shape index (κ1) is 21.2. The van der Waals surface area contributed by atoms with E-state index in [-0.39, 0.29) is 0 Å². The number of alkyl halides is 12. The average Bonchev–Trinajstić information content (AvgIpc) is 2.15. The van der Waals surface area contributed by atoms with E-state index in [1.54, 1.807) is 0 Å². The quantitative estimate of drug-likeness (QED) is 0.698. The number of hydrogen-bond acceptors (Lipinski definition) is 3. The lowest BCUT2D eigenvalue weighted by atomic mass is 10.3. The van der Waals surface area contributed by atoms with Crippen molar-refractivity contribution >= 4 is 11.4 Å². The standard InChI is InChI=1S/C6H2F12O3S/c7-3(8,9)1(4(10,11)12)20-22(19)21-2(5(13,14)15)6(16,17)18/h1-2H. The van der Waals surface area contributed by atoms with Gasteiger partial charge in [0, 0.05) is 0 Å². The van der Waals surface area contributed by atoms with E-state index in [1.807, 2.05) is 0 Å². The molecule has 22 heavy (non-hydrogen) atoms. The van der Waals surface area contributed by atoms with Crippen molar-refractivity contribution in [3.8, 4) is 0 Å². The summed E-state index contributed by atoms with van der Waals surface area (Å²) in [6.07, 6.45) is -35.0. The van der Waals surface area contributed by atoms with Crippen LogP contribution in [0.2, 0.25) is 0 Å². The Hall–Kier alpha value is -0.770. The molecule has 16 heteroatoms. The zero-order valence-electron chi connectivity index (χ0n) is 9.32. The second-order valence-electron chi connectivity index (χ2n) is 3.32. The number of halogens is 12. The van der Waals surface area contributed by atoms with E-state index < -0.39 is 48.3 Å². The summed E-state index contributed by atoms with van der Waals surface area (Å²) in [5, 5.41) is 0. The van der Waals surface area contributed by atoms with Gasteiger partial charge in [0.1, 0.15) is 0 Å². The third-order valence-corrected chi connectivity index (χ3v) is 2.24. The molecule has 0 atom stereocenters. The normalized spacial score (nSPS) is 15.2. The Kier molecular flexibility index (Phi) is 6.16. The van der Waals surface area contributed by atoms with E-state index in [1.165, 1.54) is 0 Å². The smallest absolute Gasteiger partial charge is 0.246 e. The minimum atomic E-state index is -6.30. The topological polar surface area (TPSA) is 35.5 Å². The van der Waals surface area contributed by atoms with Crippen LogP contribution >= 0.6 is 0 Å². The van der Waals surface area contributed by atoms with Crippen LogP contribution in [0.25, 0.3) is 0 Å². The fraction of sp³-hybridized carbons (Fsp3) is 1.00. The van der Waals surface area contributed by atoms with Gasteiger partial charge >= 0.3 is 36.1 Å². The van der Waals surface area contributed by atoms with Crippen LogP contribution in [0.3, 0.4) is 0 Å². The van der Waals surface area contributed by atoms with Gasteiger partial charge in [-0.3, -0.25) is 0 Å². The van der Waals surface area contributed by atoms with Crippen LogP contribution in [0.15, 0.2) is 0 Å². The summed E-state index contributed by atoms with van der Waals surface area (Å²) < 4.78 is 159. The second kappa shape index (κ2) is 6.38. The zero-order chi connectivity index (χ0) is 18.1. The molecule has 0 aliphatic heterocycles. The predicted molar refractivity (Wildman–Crippen MR) is 42.1 cm³/mol. The second-order valence-corrected chi connectivity index (χ2v) is 4.12. The molecule has 0 aliphatic carbocycles. The number of hydrogen-bond donors (Lipinski definition) is 0. The van der Waals surface area contributed by atoms with Gasteiger partial charge in [0.05, 0.1) is 0 Å². The minimum Gasteiger partial charge on any atom is -0.246 e. The highest BCUT2D eigenvalue weighted by Crippen LogP contribution is 2.39. The van der Waals surface area contributed by atoms with Crippen molar-refractivity contribution in [2.75, 3.05) is 0 Å². The van der Waals surface area contributed by atoms with Gasteiger partial charge in [-0.2, -0.15) is 56.9 Å². The van der Waals surface area contributed by atoms with Crippen molar-refractivity contribution in [2.45, 2.75) is 36.9 Å². The van der Waals surface area contributed by atoms with E-state index >= 15 is 0 Å². The molecule has 0 aliphatic rings. The Labute approximate surface area is 115 Å². The highest BCUT2D eigenvalue weighted by Gasteiger charge is 2.62. The van der Waals surface area contributed by atoms with Crippen LogP contribution in [0.5, 0.6) is 0 Å². The molecular weight excluding hydrogens is 380 g/mol. The zero-order valence-corrected chi connectivity index (χ0v) is 10.1. The van der Waals surface area contributed by atoms with Crippen LogP contribution in [0, 0.1) is 0 Å². The van der Waals surface area contributed by atoms with E-state index in [4.69, 9.17) is 0 Å². The largest absolute Gasteiger partial charge is 0.425 e. The third kappa shape index (κ3) is 6.55. The Morgan fingerprint density at radius 2 is 0.727 bits per heavy atom. The van der Waals surface area contributed by atoms with E-state index in [0.29, 0.717) is 0 Å². The summed E-state index contributed by atoms with van der Waals surface area (Å²) in [6.45, 7) is 0. The summed E-state index contributed by atoms with van der Waals surface area (Å²) in [5.74, 6) is 0. The van der Waals surface area contributed by atoms with E-state index in [9.17, 15) is 56.9 Å². The van der Waals surface area contributed by atoms with E-state index in [2.05, 4.69) is 8.37 Å². The van der Waals surface area contributed by atoms with Crippen molar-refractivity contribution in [1.29, 1.82) is 0 Å². The van der Waals surface area contributed by atoms with Gasteiger partial charge in [-0.15, -0.1) is 0 Å². The summed E-state index contributed by atoms with van der Waals surface area (Å²) >= 11 is -4.65. The summed E-state index contributed by atoms with van der Waals surface area (Å²) in [7, 11) is 0. The minimum absolute atomic E-state index is 2.60. The highest BCUT2D eigenvalue weighted by atomic mass is 32.2. The first-order chi connectivity index (χ1) is 9.37. The summed E-state index contributed by atoms with van der Waals surface area (Å²) in [5.41, 5.74) is 0. The maximum Gasteiger partial charge on any atom is 0.425 e. The van der Waals surface area contributed by atoms with Gasteiger partial charge < -0.3 is 0 Å². The molecule has 0 bridgehead atoms. The lowest BCUT2D eigenvalue weighted by molar-refractivity contribution is -0.309. The molecule has 134 valence electrons. The van der Waals surface area contributed by atoms with Crippen LogP contribution < -0.4 is 0 Å². The molecule has 0 aromatic rings. The lowest BCUT2D eigenvalue weighted by Crippen LogP contribution is -2.48. The van der Waals surface area contributed by atoms with Crippen molar-refractivity contribution in [3.63, 3.8) is 0 Å². The third-order valence-electron chi connectivity index (χ3n) is 1.54. The maximum atomic E-state index is 11.9. The molecule has 3 nitrogen and oxygen atoms in total. The molecule has 0 saturated carbocycles. The number of rotatable bonds is 4.